The van der Waals surface area contributed by atoms with E-state index in [1.54, 1.807) is 31.2 Å². The highest BCUT2D eigenvalue weighted by atomic mass is 32.2. The summed E-state index contributed by atoms with van der Waals surface area (Å²) in [5, 5.41) is 1.86. The van der Waals surface area contributed by atoms with Gasteiger partial charge in [0.2, 0.25) is 11.8 Å². The number of carbonyl (C=O) groups is 2. The largest absolute Gasteiger partial charge is 0.497 e. The van der Waals surface area contributed by atoms with Gasteiger partial charge in [0.05, 0.1) is 12.0 Å². The van der Waals surface area contributed by atoms with Gasteiger partial charge in [-0.3, -0.25) is 14.5 Å². The number of hydrogen-bond acceptors (Lipinski definition) is 6. The monoisotopic (exact) mass is 465 g/mol. The van der Waals surface area contributed by atoms with E-state index < -0.39 is 32.9 Å². The quantitative estimate of drug-likeness (QED) is 0.674. The van der Waals surface area contributed by atoms with Crippen LogP contribution in [0.2, 0.25) is 0 Å². The number of amidine groups is 1. The van der Waals surface area contributed by atoms with Crippen LogP contribution in [0.15, 0.2) is 57.8 Å². The molecule has 2 amide bonds. The van der Waals surface area contributed by atoms with Crippen molar-refractivity contribution in [3.63, 3.8) is 0 Å². The Morgan fingerprint density at radius 1 is 1.26 bits per heavy atom. The van der Waals surface area contributed by atoms with E-state index >= 15 is 0 Å². The minimum absolute atomic E-state index is 0.0176. The van der Waals surface area contributed by atoms with E-state index in [2.05, 4.69) is 9.71 Å². The topological polar surface area (TPSA) is 105 Å². The van der Waals surface area contributed by atoms with Gasteiger partial charge in [0.25, 0.3) is 10.0 Å². The molecule has 2 aromatic rings. The molecule has 0 spiro atoms. The number of methoxy groups -OCH3 is 1. The molecule has 1 N–H and O–H groups in total. The van der Waals surface area contributed by atoms with Crippen molar-refractivity contribution in [2.45, 2.75) is 23.5 Å². The molecule has 0 radical (unpaired) electrons. The predicted octanol–water partition coefficient (Wildman–Crippen LogP) is 2.87. The lowest BCUT2D eigenvalue weighted by Crippen LogP contribution is -2.33. The third-order valence-electron chi connectivity index (χ3n) is 4.37. The molecule has 31 heavy (non-hydrogen) atoms. The number of anilines is 1. The number of nitrogens with one attached hydrogen (secondary N) is 1. The highest BCUT2D eigenvalue weighted by Crippen LogP contribution is 2.31. The summed E-state index contributed by atoms with van der Waals surface area (Å²) in [6, 6.07) is 11.0. The molecule has 0 aromatic heterocycles. The van der Waals surface area contributed by atoms with Crippen LogP contribution in [0.5, 0.6) is 5.75 Å². The Bertz CT molecular complexity index is 1120. The van der Waals surface area contributed by atoms with Crippen molar-refractivity contribution in [1.82, 2.24) is 4.90 Å². The van der Waals surface area contributed by atoms with Gasteiger partial charge in [0.15, 0.2) is 5.17 Å². The Morgan fingerprint density at radius 2 is 1.97 bits per heavy atom. The third-order valence-corrected chi connectivity index (χ3v) is 6.94. The van der Waals surface area contributed by atoms with E-state index in [9.17, 15) is 22.4 Å². The lowest BCUT2D eigenvalue weighted by Gasteiger charge is -2.13. The average molecular weight is 466 g/mol. The van der Waals surface area contributed by atoms with Crippen LogP contribution in [0.1, 0.15) is 13.3 Å². The zero-order chi connectivity index (χ0) is 22.6. The van der Waals surface area contributed by atoms with Crippen LogP contribution in [0.4, 0.5) is 10.1 Å². The number of ether oxygens (including phenoxy) is 1. The molecule has 1 heterocycles. The Balaban J connectivity index is 1.75. The van der Waals surface area contributed by atoms with Gasteiger partial charge in [0, 0.05) is 24.7 Å². The summed E-state index contributed by atoms with van der Waals surface area (Å²) in [5.74, 6) is -0.810. The molecule has 8 nitrogen and oxygen atoms in total. The van der Waals surface area contributed by atoms with Gasteiger partial charge >= 0.3 is 0 Å². The minimum atomic E-state index is -4.14. The minimum Gasteiger partial charge on any atom is -0.497 e. The first kappa shape index (κ1) is 22.8. The van der Waals surface area contributed by atoms with Crippen LogP contribution in [0.3, 0.4) is 0 Å². The maximum Gasteiger partial charge on any atom is 0.284 e. The van der Waals surface area contributed by atoms with Crippen molar-refractivity contribution in [2.24, 2.45) is 4.40 Å². The second kappa shape index (κ2) is 9.48. The van der Waals surface area contributed by atoms with Gasteiger partial charge in [-0.2, -0.15) is 8.42 Å². The zero-order valence-corrected chi connectivity index (χ0v) is 18.4. The van der Waals surface area contributed by atoms with Crippen molar-refractivity contribution in [2.75, 3.05) is 19.0 Å². The average Bonchev–Trinajstić information content (AvgIpc) is 3.01. The van der Waals surface area contributed by atoms with Gasteiger partial charge in [-0.25, -0.2) is 4.39 Å². The number of halogens is 1. The Labute approximate surface area is 183 Å². The molecule has 1 aliphatic heterocycles. The van der Waals surface area contributed by atoms with Crippen LogP contribution in [0, 0.1) is 5.82 Å². The summed E-state index contributed by atoms with van der Waals surface area (Å²) in [6.07, 6.45) is -0.160. The van der Waals surface area contributed by atoms with Crippen LogP contribution in [-0.2, 0) is 19.6 Å². The van der Waals surface area contributed by atoms with Crippen molar-refractivity contribution in [3.8, 4) is 5.75 Å². The molecule has 0 aliphatic carbocycles. The summed E-state index contributed by atoms with van der Waals surface area (Å²) in [4.78, 5) is 26.1. The zero-order valence-electron chi connectivity index (χ0n) is 16.7. The first-order chi connectivity index (χ1) is 14.7. The van der Waals surface area contributed by atoms with Crippen LogP contribution < -0.4 is 10.1 Å². The summed E-state index contributed by atoms with van der Waals surface area (Å²) in [5.41, 5.74) is 0.514. The van der Waals surface area contributed by atoms with Crippen molar-refractivity contribution in [1.29, 1.82) is 0 Å². The Morgan fingerprint density at radius 3 is 2.61 bits per heavy atom. The number of carbonyl (C=O) groups excluding carboxylic acids is 2. The summed E-state index contributed by atoms with van der Waals surface area (Å²) in [7, 11) is -2.63. The molecule has 1 aliphatic rings. The number of nitrogens with zero attached hydrogens (tertiary/aromatic N) is 2. The second-order valence-corrected chi connectivity index (χ2v) is 9.25. The maximum atomic E-state index is 13.1. The van der Waals surface area contributed by atoms with E-state index in [0.29, 0.717) is 11.4 Å². The standard InChI is InChI=1S/C20H20FN3O5S2/c1-3-24-19(26)17(12-18(25)22-14-5-4-6-15(11-14)29-2)30-20(24)23-31(27,28)16-9-7-13(21)8-10-16/h4-11,17H,3,12H2,1-2H3,(H,22,25)/t17-/m1/s1. The third kappa shape index (κ3) is 5.42. The fourth-order valence-corrected chi connectivity index (χ4v) is 5.26. The Hall–Kier alpha value is -2.92. The molecule has 0 unspecified atom stereocenters. The molecule has 1 fully saturated rings. The van der Waals surface area contributed by atoms with Gasteiger partial charge in [0.1, 0.15) is 16.8 Å². The summed E-state index contributed by atoms with van der Waals surface area (Å²) >= 11 is 0.910. The SMILES string of the molecule is CCN1C(=O)[C@@H](CC(=O)Nc2cccc(OC)c2)SC1=NS(=O)(=O)c1ccc(F)cc1. The fourth-order valence-electron chi connectivity index (χ4n) is 2.84. The number of amides is 2. The van der Waals surface area contributed by atoms with Crippen molar-refractivity contribution < 1.29 is 27.1 Å². The van der Waals surface area contributed by atoms with Crippen LogP contribution >= 0.6 is 11.8 Å². The van der Waals surface area contributed by atoms with Crippen molar-refractivity contribution >= 4 is 44.5 Å². The second-order valence-electron chi connectivity index (χ2n) is 6.48. The van der Waals surface area contributed by atoms with E-state index in [4.69, 9.17) is 4.74 Å². The molecule has 1 atom stereocenters. The Kier molecular flexibility index (Phi) is 6.96. The highest BCUT2D eigenvalue weighted by molar-refractivity contribution is 8.16. The van der Waals surface area contributed by atoms with E-state index in [1.165, 1.54) is 12.0 Å². The highest BCUT2D eigenvalue weighted by Gasteiger charge is 2.39. The number of benzene rings is 2. The lowest BCUT2D eigenvalue weighted by atomic mass is 10.2. The molecule has 3 rings (SSSR count). The lowest BCUT2D eigenvalue weighted by molar-refractivity contribution is -0.128. The van der Waals surface area contributed by atoms with Crippen molar-refractivity contribution in [3.05, 3.63) is 54.3 Å². The number of hydrogen-bond donors (Lipinski definition) is 1. The molecule has 2 aromatic carbocycles. The molecule has 0 saturated carbocycles. The van der Waals surface area contributed by atoms with E-state index in [-0.39, 0.29) is 23.0 Å². The molecule has 0 bridgehead atoms. The van der Waals surface area contributed by atoms with Gasteiger partial charge in [-0.1, -0.05) is 17.8 Å². The summed E-state index contributed by atoms with van der Waals surface area (Å²) < 4.78 is 47.0. The van der Waals surface area contributed by atoms with Gasteiger partial charge in [-0.15, -0.1) is 4.40 Å². The molecular formula is C20H20FN3O5S2. The van der Waals surface area contributed by atoms with Crippen LogP contribution in [-0.4, -0.2) is 49.2 Å². The summed E-state index contributed by atoms with van der Waals surface area (Å²) in [6.45, 7) is 1.87. The van der Waals surface area contributed by atoms with Gasteiger partial charge in [-0.05, 0) is 43.3 Å². The normalized spacial score (nSPS) is 17.8. The fraction of sp³-hybridized carbons (Fsp3) is 0.250. The number of rotatable bonds is 7. The first-order valence-electron chi connectivity index (χ1n) is 9.26. The molecule has 1 saturated heterocycles. The smallest absolute Gasteiger partial charge is 0.284 e. The molecule has 164 valence electrons. The molecular weight excluding hydrogens is 445 g/mol. The number of sulfonamides is 1. The number of thioether (sulfide) groups is 1. The van der Waals surface area contributed by atoms with E-state index in [0.717, 1.165) is 36.0 Å². The molecule has 11 heteroatoms. The predicted molar refractivity (Wildman–Crippen MR) is 116 cm³/mol. The maximum absolute atomic E-state index is 13.1. The van der Waals surface area contributed by atoms with E-state index in [1.807, 2.05) is 0 Å². The van der Waals surface area contributed by atoms with Crippen LogP contribution in [0.25, 0.3) is 0 Å². The van der Waals surface area contributed by atoms with Gasteiger partial charge < -0.3 is 10.1 Å². The first-order valence-corrected chi connectivity index (χ1v) is 11.6.